The Balaban J connectivity index is 2.36. The Morgan fingerprint density at radius 2 is 1.90 bits per heavy atom. The Hall–Kier alpha value is -3.10. The molecule has 152 valence electrons. The zero-order valence-corrected chi connectivity index (χ0v) is 17.5. The number of methoxy groups -OCH3 is 1. The van der Waals surface area contributed by atoms with E-state index in [9.17, 15) is 4.79 Å². The van der Waals surface area contributed by atoms with Crippen LogP contribution < -0.4 is 16.0 Å². The van der Waals surface area contributed by atoms with E-state index in [2.05, 4.69) is 25.7 Å². The van der Waals surface area contributed by atoms with Crippen LogP contribution in [0.15, 0.2) is 36.2 Å². The number of halogens is 2. The van der Waals surface area contributed by atoms with Gasteiger partial charge in [-0.15, -0.1) is 0 Å². The molecular formula is C19H20Cl2N6O2. The lowest BCUT2D eigenvalue weighted by atomic mass is 10.2. The Labute approximate surface area is 178 Å². The molecule has 1 aromatic heterocycles. The van der Waals surface area contributed by atoms with Gasteiger partial charge in [-0.2, -0.15) is 0 Å². The van der Waals surface area contributed by atoms with Crippen LogP contribution in [0.3, 0.4) is 0 Å². The lowest BCUT2D eigenvalue weighted by molar-refractivity contribution is 0.0601. The maximum absolute atomic E-state index is 11.7. The minimum atomic E-state index is -0.556. The smallest absolute Gasteiger partial charge is 0.337 e. The summed E-state index contributed by atoms with van der Waals surface area (Å²) in [5, 5.41) is 24.8. The van der Waals surface area contributed by atoms with Crippen molar-refractivity contribution in [2.24, 2.45) is 0 Å². The molecule has 29 heavy (non-hydrogen) atoms. The summed E-state index contributed by atoms with van der Waals surface area (Å²) in [7, 11) is 3.03. The molecule has 0 aliphatic carbocycles. The lowest BCUT2D eigenvalue weighted by Gasteiger charge is -2.15. The largest absolute Gasteiger partial charge is 0.465 e. The van der Waals surface area contributed by atoms with Crippen molar-refractivity contribution in [2.75, 3.05) is 24.8 Å². The van der Waals surface area contributed by atoms with E-state index in [0.29, 0.717) is 22.8 Å². The second-order valence-corrected chi connectivity index (χ2v) is 6.66. The number of hydrogen-bond donors (Lipinski definition) is 5. The number of allylic oxidation sites excluding steroid dienone is 1. The Bertz CT molecular complexity index is 968. The Morgan fingerprint density at radius 1 is 1.24 bits per heavy atom. The van der Waals surface area contributed by atoms with Gasteiger partial charge in [0, 0.05) is 36.8 Å². The highest BCUT2D eigenvalue weighted by atomic mass is 35.5. The Kier molecular flexibility index (Phi) is 7.58. The first-order valence-corrected chi connectivity index (χ1v) is 9.11. The molecule has 0 radical (unpaired) electrons. The molecule has 2 rings (SSSR count). The first-order chi connectivity index (χ1) is 13.8. The highest BCUT2D eigenvalue weighted by Crippen LogP contribution is 2.35. The number of anilines is 3. The van der Waals surface area contributed by atoms with Crippen LogP contribution >= 0.6 is 23.2 Å². The van der Waals surface area contributed by atoms with Crippen LogP contribution in [-0.2, 0) is 4.74 Å². The van der Waals surface area contributed by atoms with Gasteiger partial charge in [0.05, 0.1) is 34.1 Å². The van der Waals surface area contributed by atoms with Crippen LogP contribution in [0, 0.1) is 10.8 Å². The van der Waals surface area contributed by atoms with Gasteiger partial charge < -0.3 is 26.1 Å². The molecule has 0 amide bonds. The molecule has 0 saturated carbocycles. The van der Waals surface area contributed by atoms with Crippen LogP contribution in [0.25, 0.3) is 0 Å². The second-order valence-electron chi connectivity index (χ2n) is 5.85. The van der Waals surface area contributed by atoms with E-state index in [4.69, 9.17) is 34.0 Å². The van der Waals surface area contributed by atoms with Crippen molar-refractivity contribution in [1.82, 2.24) is 10.3 Å². The van der Waals surface area contributed by atoms with Crippen LogP contribution in [0.1, 0.15) is 22.8 Å². The van der Waals surface area contributed by atoms with Crippen molar-refractivity contribution in [3.63, 3.8) is 0 Å². The molecule has 0 aliphatic rings. The third kappa shape index (κ3) is 5.69. The number of carbonyl (C=O) groups is 1. The van der Waals surface area contributed by atoms with Crippen molar-refractivity contribution in [3.8, 4) is 0 Å². The number of carbonyl (C=O) groups excluding carboxylic acids is 1. The summed E-state index contributed by atoms with van der Waals surface area (Å²) in [4.78, 5) is 15.9. The van der Waals surface area contributed by atoms with Crippen molar-refractivity contribution >= 4 is 58.4 Å². The monoisotopic (exact) mass is 434 g/mol. The fourth-order valence-corrected chi connectivity index (χ4v) is 2.86. The van der Waals surface area contributed by atoms with Gasteiger partial charge >= 0.3 is 5.97 Å². The van der Waals surface area contributed by atoms with E-state index >= 15 is 0 Å². The van der Waals surface area contributed by atoms with Gasteiger partial charge in [-0.05, 0) is 25.1 Å². The maximum Gasteiger partial charge on any atom is 0.337 e. The molecule has 0 atom stereocenters. The van der Waals surface area contributed by atoms with Gasteiger partial charge in [0.1, 0.15) is 11.7 Å². The predicted octanol–water partition coefficient (Wildman–Crippen LogP) is 4.43. The van der Waals surface area contributed by atoms with Gasteiger partial charge in [0.25, 0.3) is 0 Å². The molecule has 0 fully saturated rings. The fourth-order valence-electron chi connectivity index (χ4n) is 2.28. The van der Waals surface area contributed by atoms with E-state index in [1.54, 1.807) is 19.2 Å². The summed E-state index contributed by atoms with van der Waals surface area (Å²) < 4.78 is 4.68. The molecule has 1 aromatic carbocycles. The summed E-state index contributed by atoms with van der Waals surface area (Å²) in [5.74, 6) is -0.0302. The zero-order chi connectivity index (χ0) is 21.6. The van der Waals surface area contributed by atoms with Gasteiger partial charge in [-0.3, -0.25) is 5.41 Å². The van der Waals surface area contributed by atoms with Crippen molar-refractivity contribution in [3.05, 3.63) is 57.3 Å². The molecule has 0 unspecified atom stereocenters. The molecule has 0 bridgehead atoms. The minimum Gasteiger partial charge on any atom is -0.465 e. The molecule has 10 heteroatoms. The van der Waals surface area contributed by atoms with E-state index in [0.717, 1.165) is 11.9 Å². The lowest BCUT2D eigenvalue weighted by Crippen LogP contribution is -2.13. The van der Waals surface area contributed by atoms with Gasteiger partial charge in [0.15, 0.2) is 0 Å². The van der Waals surface area contributed by atoms with Gasteiger partial charge in [0.2, 0.25) is 0 Å². The number of aromatic nitrogens is 1. The van der Waals surface area contributed by atoms with E-state index < -0.39 is 5.97 Å². The van der Waals surface area contributed by atoms with Crippen LogP contribution in [-0.4, -0.2) is 37.2 Å². The highest BCUT2D eigenvalue weighted by molar-refractivity contribution is 6.39. The van der Waals surface area contributed by atoms with Crippen LogP contribution in [0.2, 0.25) is 10.0 Å². The van der Waals surface area contributed by atoms with Crippen LogP contribution in [0.4, 0.5) is 17.2 Å². The quantitative estimate of drug-likeness (QED) is 0.249. The average molecular weight is 435 g/mol. The molecular weight excluding hydrogens is 415 g/mol. The summed E-state index contributed by atoms with van der Waals surface area (Å²) in [6.45, 7) is 1.83. The van der Waals surface area contributed by atoms with E-state index in [-0.39, 0.29) is 21.4 Å². The summed E-state index contributed by atoms with van der Waals surface area (Å²) in [5.41, 5.74) is 2.36. The molecule has 0 spiro atoms. The van der Waals surface area contributed by atoms with Crippen LogP contribution in [0.5, 0.6) is 0 Å². The van der Waals surface area contributed by atoms with Gasteiger partial charge in [-0.25, -0.2) is 9.78 Å². The molecule has 0 saturated heterocycles. The summed E-state index contributed by atoms with van der Waals surface area (Å²) in [6, 6.07) is 4.50. The highest BCUT2D eigenvalue weighted by Gasteiger charge is 2.15. The normalized spacial score (nSPS) is 10.9. The third-order valence-electron chi connectivity index (χ3n) is 3.83. The SMILES string of the molecule is CN/C(C)=C\C(=N)Nc1cc(Nc2c(Cl)cc(C(=O)OC)cc2Cl)c(C=N)cn1. The average Bonchev–Trinajstić information content (AvgIpc) is 2.69. The summed E-state index contributed by atoms with van der Waals surface area (Å²) >= 11 is 12.6. The van der Waals surface area contributed by atoms with Crippen molar-refractivity contribution < 1.29 is 9.53 Å². The molecule has 5 N–H and O–H groups in total. The number of benzene rings is 1. The standard InChI is InChI=1S/C19H20Cl2N6O2/c1-10(24-2)4-16(23)27-17-7-15(12(8-22)9-25-17)26-18-13(20)5-11(6-14(18)21)19(28)29-3/h4-9,22,24H,1-3H3,(H3,23,25,26,27)/b10-4-,22-8?. The first-order valence-electron chi connectivity index (χ1n) is 8.35. The predicted molar refractivity (Wildman–Crippen MR) is 117 cm³/mol. The van der Waals surface area contributed by atoms with E-state index in [1.807, 2.05) is 6.92 Å². The van der Waals surface area contributed by atoms with Crippen molar-refractivity contribution in [2.45, 2.75) is 6.92 Å². The fraction of sp³-hybridized carbons (Fsp3) is 0.158. The molecule has 8 nitrogen and oxygen atoms in total. The minimum absolute atomic E-state index is 0.136. The number of nitrogens with one attached hydrogen (secondary N) is 5. The number of esters is 1. The number of amidine groups is 1. The molecule has 0 aliphatic heterocycles. The summed E-state index contributed by atoms with van der Waals surface area (Å²) in [6.07, 6.45) is 4.21. The zero-order valence-electron chi connectivity index (χ0n) is 16.0. The number of nitrogens with zero attached hydrogens (tertiary/aromatic N) is 1. The number of rotatable bonds is 7. The third-order valence-corrected chi connectivity index (χ3v) is 4.43. The topological polar surface area (TPSA) is 123 Å². The number of hydrogen-bond acceptors (Lipinski definition) is 7. The number of pyridine rings is 1. The second kappa shape index (κ2) is 9.90. The molecule has 2 aromatic rings. The maximum atomic E-state index is 11.7. The number of ether oxygens (including phenoxy) is 1. The first kappa shape index (κ1) is 22.2. The van der Waals surface area contributed by atoms with Crippen molar-refractivity contribution in [1.29, 1.82) is 10.8 Å². The van der Waals surface area contributed by atoms with Gasteiger partial charge in [-0.1, -0.05) is 23.2 Å². The van der Waals surface area contributed by atoms with E-state index in [1.165, 1.54) is 25.4 Å². The Morgan fingerprint density at radius 3 is 2.45 bits per heavy atom. The molecule has 1 heterocycles.